The van der Waals surface area contributed by atoms with E-state index in [0.29, 0.717) is 18.3 Å². The zero-order chi connectivity index (χ0) is 17.2. The summed E-state index contributed by atoms with van der Waals surface area (Å²) in [5, 5.41) is 10.8. The summed E-state index contributed by atoms with van der Waals surface area (Å²) in [6.07, 6.45) is 0. The van der Waals surface area contributed by atoms with E-state index < -0.39 is 0 Å². The minimum absolute atomic E-state index is 0.523. The van der Waals surface area contributed by atoms with Gasteiger partial charge in [0.1, 0.15) is 0 Å². The number of nitrogens with zero attached hydrogens (tertiary/aromatic N) is 3. The summed E-state index contributed by atoms with van der Waals surface area (Å²) in [6, 6.07) is 22.5. The molecule has 1 heterocycles. The lowest BCUT2D eigenvalue weighted by Gasteiger charge is -2.17. The van der Waals surface area contributed by atoms with Crippen molar-refractivity contribution in [1.29, 1.82) is 0 Å². The Bertz CT molecular complexity index is 1030. The molecule has 124 valence electrons. The van der Waals surface area contributed by atoms with Gasteiger partial charge in [0, 0.05) is 17.2 Å². The number of hydrogen-bond donors (Lipinski definition) is 0. The van der Waals surface area contributed by atoms with Crippen LogP contribution in [0.15, 0.2) is 75.6 Å². The Morgan fingerprint density at radius 3 is 2.52 bits per heavy atom. The summed E-state index contributed by atoms with van der Waals surface area (Å²) in [5.41, 5.74) is 2.01. The molecule has 0 bridgehead atoms. The first-order valence-electron chi connectivity index (χ1n) is 7.98. The van der Waals surface area contributed by atoms with E-state index in [9.17, 15) is 0 Å². The fourth-order valence-electron chi connectivity index (χ4n) is 2.77. The average Bonchev–Trinajstić information content (AvgIpc) is 3.10. The standard InChI is InChI=1S/C20H16BrN3O/c1-24(16-11-10-14-6-2-3-7-15(14)12-16)13-19-22-23-20(25-19)17-8-4-5-9-18(17)21/h2-12H,13H2,1H3. The second kappa shape index (κ2) is 6.69. The molecule has 0 amide bonds. The molecule has 0 aliphatic rings. The fourth-order valence-corrected chi connectivity index (χ4v) is 3.22. The Morgan fingerprint density at radius 2 is 1.68 bits per heavy atom. The van der Waals surface area contributed by atoms with Crippen molar-refractivity contribution in [1.82, 2.24) is 10.2 Å². The van der Waals surface area contributed by atoms with Gasteiger partial charge in [0.05, 0.1) is 12.1 Å². The first-order valence-corrected chi connectivity index (χ1v) is 8.77. The van der Waals surface area contributed by atoms with Crippen molar-refractivity contribution in [3.8, 4) is 11.5 Å². The number of benzene rings is 3. The third-order valence-corrected chi connectivity index (χ3v) is 4.81. The normalized spacial score (nSPS) is 11.0. The number of rotatable bonds is 4. The Kier molecular flexibility index (Phi) is 4.24. The van der Waals surface area contributed by atoms with Crippen molar-refractivity contribution in [3.05, 3.63) is 77.1 Å². The molecule has 0 saturated carbocycles. The lowest BCUT2D eigenvalue weighted by molar-refractivity contribution is 0.503. The van der Waals surface area contributed by atoms with Crippen LogP contribution in [-0.2, 0) is 6.54 Å². The fraction of sp³-hybridized carbons (Fsp3) is 0.100. The minimum atomic E-state index is 0.523. The molecule has 0 aliphatic carbocycles. The summed E-state index contributed by atoms with van der Waals surface area (Å²) >= 11 is 3.51. The van der Waals surface area contributed by atoms with Gasteiger partial charge in [-0.2, -0.15) is 0 Å². The zero-order valence-corrected chi connectivity index (χ0v) is 15.3. The van der Waals surface area contributed by atoms with E-state index in [-0.39, 0.29) is 0 Å². The molecule has 4 nitrogen and oxygen atoms in total. The lowest BCUT2D eigenvalue weighted by Crippen LogP contribution is -2.16. The highest BCUT2D eigenvalue weighted by molar-refractivity contribution is 9.10. The maximum atomic E-state index is 5.84. The molecule has 0 fully saturated rings. The van der Waals surface area contributed by atoms with Crippen LogP contribution in [0.5, 0.6) is 0 Å². The van der Waals surface area contributed by atoms with Gasteiger partial charge in [-0.1, -0.05) is 42.5 Å². The van der Waals surface area contributed by atoms with Crippen LogP contribution in [0.3, 0.4) is 0 Å². The monoisotopic (exact) mass is 393 g/mol. The second-order valence-electron chi connectivity index (χ2n) is 5.87. The van der Waals surface area contributed by atoms with Crippen LogP contribution in [0.1, 0.15) is 5.89 Å². The van der Waals surface area contributed by atoms with E-state index in [0.717, 1.165) is 15.7 Å². The van der Waals surface area contributed by atoms with Crippen molar-refractivity contribution in [2.75, 3.05) is 11.9 Å². The van der Waals surface area contributed by atoms with Gasteiger partial charge in [0.2, 0.25) is 11.8 Å². The molecule has 25 heavy (non-hydrogen) atoms. The molecule has 0 unspecified atom stereocenters. The Balaban J connectivity index is 1.56. The molecule has 4 aromatic rings. The van der Waals surface area contributed by atoms with Gasteiger partial charge < -0.3 is 9.32 Å². The highest BCUT2D eigenvalue weighted by Gasteiger charge is 2.13. The maximum Gasteiger partial charge on any atom is 0.248 e. The van der Waals surface area contributed by atoms with Crippen molar-refractivity contribution >= 4 is 32.4 Å². The summed E-state index contributed by atoms with van der Waals surface area (Å²) in [5.74, 6) is 1.11. The van der Waals surface area contributed by atoms with Crippen molar-refractivity contribution < 1.29 is 4.42 Å². The third-order valence-electron chi connectivity index (χ3n) is 4.12. The topological polar surface area (TPSA) is 42.2 Å². The van der Waals surface area contributed by atoms with E-state index in [4.69, 9.17) is 4.42 Å². The van der Waals surface area contributed by atoms with Crippen molar-refractivity contribution in [3.63, 3.8) is 0 Å². The van der Waals surface area contributed by atoms with Gasteiger partial charge in [-0.25, -0.2) is 0 Å². The SMILES string of the molecule is CN(Cc1nnc(-c2ccccc2Br)o1)c1ccc2ccccc2c1. The first-order chi connectivity index (χ1) is 12.2. The molecule has 0 N–H and O–H groups in total. The highest BCUT2D eigenvalue weighted by atomic mass is 79.9. The second-order valence-corrected chi connectivity index (χ2v) is 6.72. The van der Waals surface area contributed by atoms with Crippen LogP contribution >= 0.6 is 15.9 Å². The van der Waals surface area contributed by atoms with Gasteiger partial charge >= 0.3 is 0 Å². The quantitative estimate of drug-likeness (QED) is 0.472. The summed E-state index contributed by atoms with van der Waals surface area (Å²) < 4.78 is 6.77. The number of halogens is 1. The van der Waals surface area contributed by atoms with Gasteiger partial charge in [-0.3, -0.25) is 0 Å². The molecular formula is C20H16BrN3O. The summed E-state index contributed by atoms with van der Waals surface area (Å²) in [4.78, 5) is 2.10. The maximum absolute atomic E-state index is 5.84. The Labute approximate surface area is 154 Å². The predicted molar refractivity (Wildman–Crippen MR) is 103 cm³/mol. The van der Waals surface area contributed by atoms with Crippen LogP contribution < -0.4 is 4.90 Å². The van der Waals surface area contributed by atoms with Gasteiger partial charge in [0.25, 0.3) is 0 Å². The van der Waals surface area contributed by atoms with Crippen LogP contribution in [0.25, 0.3) is 22.2 Å². The predicted octanol–water partition coefficient (Wildman–Crippen LogP) is 5.29. The molecule has 5 heteroatoms. The van der Waals surface area contributed by atoms with Crippen LogP contribution in [0.2, 0.25) is 0 Å². The molecule has 0 aliphatic heterocycles. The molecule has 3 aromatic carbocycles. The van der Waals surface area contributed by atoms with Gasteiger partial charge in [-0.15, -0.1) is 10.2 Å². The molecular weight excluding hydrogens is 378 g/mol. The zero-order valence-electron chi connectivity index (χ0n) is 13.7. The van der Waals surface area contributed by atoms with Crippen molar-refractivity contribution in [2.45, 2.75) is 6.54 Å². The van der Waals surface area contributed by atoms with Crippen LogP contribution in [0, 0.1) is 0 Å². The number of fused-ring (bicyclic) bond motifs is 1. The van der Waals surface area contributed by atoms with E-state index in [2.05, 4.69) is 61.4 Å². The van der Waals surface area contributed by atoms with Crippen LogP contribution in [0.4, 0.5) is 5.69 Å². The largest absolute Gasteiger partial charge is 0.419 e. The number of hydrogen-bond acceptors (Lipinski definition) is 4. The number of aromatic nitrogens is 2. The van der Waals surface area contributed by atoms with Gasteiger partial charge in [-0.05, 0) is 51.0 Å². The summed E-state index contributed by atoms with van der Waals surface area (Å²) in [7, 11) is 2.02. The third kappa shape index (κ3) is 3.28. The smallest absolute Gasteiger partial charge is 0.248 e. The van der Waals surface area contributed by atoms with Gasteiger partial charge in [0.15, 0.2) is 0 Å². The number of anilines is 1. The highest BCUT2D eigenvalue weighted by Crippen LogP contribution is 2.27. The van der Waals surface area contributed by atoms with Crippen molar-refractivity contribution in [2.24, 2.45) is 0 Å². The minimum Gasteiger partial charge on any atom is -0.419 e. The molecule has 4 rings (SSSR count). The Hall–Kier alpha value is -2.66. The molecule has 1 aromatic heterocycles. The lowest BCUT2D eigenvalue weighted by atomic mass is 10.1. The van der Waals surface area contributed by atoms with E-state index in [1.165, 1.54) is 10.8 Å². The average molecular weight is 394 g/mol. The Morgan fingerprint density at radius 1 is 0.920 bits per heavy atom. The van der Waals surface area contributed by atoms with E-state index in [1.807, 2.05) is 43.4 Å². The molecule has 0 radical (unpaired) electrons. The first kappa shape index (κ1) is 15.8. The van der Waals surface area contributed by atoms with Crippen LogP contribution in [-0.4, -0.2) is 17.2 Å². The van der Waals surface area contributed by atoms with E-state index in [1.54, 1.807) is 0 Å². The van der Waals surface area contributed by atoms with E-state index >= 15 is 0 Å². The molecule has 0 spiro atoms. The summed E-state index contributed by atoms with van der Waals surface area (Å²) in [6.45, 7) is 0.551. The molecule has 0 atom stereocenters. The molecule has 0 saturated heterocycles.